The Balaban J connectivity index is 1.51. The van der Waals surface area contributed by atoms with Crippen molar-refractivity contribution in [2.24, 2.45) is 10.9 Å². The van der Waals surface area contributed by atoms with E-state index >= 15 is 0 Å². The Kier molecular flexibility index (Phi) is 22.5. The maximum absolute atomic E-state index is 13.8. The zero-order valence-electron chi connectivity index (χ0n) is 49.3. The molecule has 5 aromatic rings. The van der Waals surface area contributed by atoms with Crippen LogP contribution in [0.25, 0.3) is 11.2 Å². The molecule has 23 nitrogen and oxygen atoms in total. The maximum Gasteiger partial charge on any atom is 0.414 e. The van der Waals surface area contributed by atoms with Crippen LogP contribution in [-0.4, -0.2) is 130 Å². The number of nitrogens with one attached hydrogen (secondary N) is 4. The lowest BCUT2D eigenvalue weighted by Gasteiger charge is -2.39. The van der Waals surface area contributed by atoms with Crippen LogP contribution >= 0.6 is 8.53 Å². The van der Waals surface area contributed by atoms with E-state index in [0.717, 1.165) is 16.7 Å². The highest BCUT2D eigenvalue weighted by atomic mass is 31.2. The number of aromatic amines is 1. The van der Waals surface area contributed by atoms with Gasteiger partial charge in [-0.15, -0.1) is 0 Å². The highest BCUT2D eigenvalue weighted by Gasteiger charge is 2.52. The minimum atomic E-state index is -2.00. The van der Waals surface area contributed by atoms with Crippen molar-refractivity contribution in [2.45, 2.75) is 149 Å². The molecule has 1 unspecified atom stereocenters. The second-order valence-corrected chi connectivity index (χ2v) is 23.5. The molecule has 4 N–H and O–H groups in total. The van der Waals surface area contributed by atoms with Crippen molar-refractivity contribution in [3.63, 3.8) is 0 Å². The SMILES string of the molecule is COc1ccc(C(OC[C@H]2O[C@@H](n3cnc4c(=O)[nH]c(NC(=O)C(C)C)nc43)[C@H](OCCCN=C(NC(=O)OC(C)(C)C)NC(=O)OC(C)(C)C)[C@@H]2OP(OCCC#N)N(C(C)C)C(C)C)(c2ccccc2)c2ccc(OC)cc2)cc1. The quantitative estimate of drug-likeness (QED) is 0.0147. The Hall–Kier alpha value is -7.03. The smallest absolute Gasteiger partial charge is 0.414 e. The number of alkyl carbamates (subject to hydrolysis) is 2. The fraction of sp³-hybridized carbons (Fsp3) is 0.517. The lowest BCUT2D eigenvalue weighted by molar-refractivity contribution is -0.119. The predicted molar refractivity (Wildman–Crippen MR) is 309 cm³/mol. The van der Waals surface area contributed by atoms with Crippen LogP contribution in [0, 0.1) is 17.2 Å². The van der Waals surface area contributed by atoms with Gasteiger partial charge in [-0.3, -0.25) is 40.1 Å². The van der Waals surface area contributed by atoms with E-state index in [1.54, 1.807) is 74.2 Å². The Labute approximate surface area is 480 Å². The van der Waals surface area contributed by atoms with Gasteiger partial charge in [0.15, 0.2) is 17.4 Å². The molecule has 0 radical (unpaired) electrons. The summed E-state index contributed by atoms with van der Waals surface area (Å²) < 4.78 is 61.3. The highest BCUT2D eigenvalue weighted by molar-refractivity contribution is 7.44. The van der Waals surface area contributed by atoms with Crippen LogP contribution in [0.3, 0.4) is 0 Å². The summed E-state index contributed by atoms with van der Waals surface area (Å²) >= 11 is 0. The molecule has 1 aliphatic rings. The van der Waals surface area contributed by atoms with Crippen LogP contribution in [0.2, 0.25) is 0 Å². The van der Waals surface area contributed by atoms with Gasteiger partial charge in [0, 0.05) is 31.2 Å². The van der Waals surface area contributed by atoms with Crippen molar-refractivity contribution in [3.05, 3.63) is 112 Å². The number of amides is 3. The summed E-state index contributed by atoms with van der Waals surface area (Å²) in [5, 5.41) is 17.4. The maximum atomic E-state index is 13.8. The lowest BCUT2D eigenvalue weighted by atomic mass is 9.80. The number of hydrogen-bond acceptors (Lipinski definition) is 18. The number of carbonyl (C=O) groups excluding carboxylic acids is 3. The van der Waals surface area contributed by atoms with E-state index in [4.69, 9.17) is 47.2 Å². The Morgan fingerprint density at radius 1 is 0.817 bits per heavy atom. The number of nitrogens with zero attached hydrogens (tertiary/aromatic N) is 6. The van der Waals surface area contributed by atoms with Crippen molar-refractivity contribution in [3.8, 4) is 17.6 Å². The number of benzene rings is 3. The molecule has 0 aliphatic carbocycles. The summed E-state index contributed by atoms with van der Waals surface area (Å²) in [6.07, 6.45) is -4.34. The topological polar surface area (TPSA) is 273 Å². The molecule has 444 valence electrons. The van der Waals surface area contributed by atoms with Gasteiger partial charge >= 0.3 is 12.2 Å². The summed E-state index contributed by atoms with van der Waals surface area (Å²) in [4.78, 5) is 69.0. The molecule has 5 atom stereocenters. The fourth-order valence-corrected chi connectivity index (χ4v) is 10.6. The van der Waals surface area contributed by atoms with Crippen molar-refractivity contribution in [1.82, 2.24) is 34.8 Å². The van der Waals surface area contributed by atoms with E-state index in [0.29, 0.717) is 11.5 Å². The molecular weight excluding hydrogens is 1080 g/mol. The van der Waals surface area contributed by atoms with Crippen molar-refractivity contribution in [2.75, 3.05) is 45.9 Å². The van der Waals surface area contributed by atoms with Gasteiger partial charge in [0.1, 0.15) is 46.6 Å². The van der Waals surface area contributed by atoms with Crippen LogP contribution < -0.4 is 31.0 Å². The number of ether oxygens (including phenoxy) is 7. The molecule has 3 aromatic carbocycles. The normalized spacial score (nSPS) is 16.9. The first kappa shape index (κ1) is 64.1. The number of rotatable bonds is 24. The minimum absolute atomic E-state index is 0.00283. The first-order chi connectivity index (χ1) is 38.9. The number of anilines is 1. The van der Waals surface area contributed by atoms with Gasteiger partial charge in [0.25, 0.3) is 14.1 Å². The van der Waals surface area contributed by atoms with Gasteiger partial charge < -0.3 is 42.2 Å². The number of guanidine groups is 1. The Bertz CT molecular complexity index is 2940. The largest absolute Gasteiger partial charge is 0.497 e. The first-order valence-electron chi connectivity index (χ1n) is 27.2. The number of aliphatic imine (C=N–C) groups is 1. The number of fused-ring (bicyclic) bond motifs is 1. The molecule has 3 amide bonds. The number of methoxy groups -OCH3 is 2. The average Bonchev–Trinajstić information content (AvgIpc) is 3.89. The first-order valence-corrected chi connectivity index (χ1v) is 28.3. The van der Waals surface area contributed by atoms with Gasteiger partial charge in [0.2, 0.25) is 17.8 Å². The molecule has 6 rings (SSSR count). The van der Waals surface area contributed by atoms with E-state index in [1.807, 2.05) is 107 Å². The molecule has 1 fully saturated rings. The number of H-pyrrole nitrogens is 1. The molecule has 1 aliphatic heterocycles. The third-order valence-electron chi connectivity index (χ3n) is 12.4. The van der Waals surface area contributed by atoms with E-state index in [1.165, 1.54) is 6.33 Å². The monoisotopic (exact) mass is 1150 g/mol. The van der Waals surface area contributed by atoms with Crippen LogP contribution in [-0.2, 0) is 43.1 Å². The standard InChI is InChI=1S/C58H79N10O13P/c1-36(2)49(69)63-53-62-48-45(50(70)64-53)61-35-67(48)51-47(75-32-19-31-60-52(65-54(71)79-56(7,8)9)66-55(72)80-57(10,11)12)46(81-82(77-33-18-30-59)68(37(3)4)38(5)6)44(78-51)34-76-58(39-20-16-15-17-21-39,40-22-26-42(73-13)27-23-40)41-24-28-43(74-14)29-25-41/h15-17,20-29,35-38,44,46-47,51H,18-19,31-34H2,1-14H3,(H2,60,65,66,71,72)(H2,62,63,64,69,70)/t44-,46-,47-,51-,82?/m1/s1. The van der Waals surface area contributed by atoms with E-state index in [-0.39, 0.29) is 80.3 Å². The Morgan fingerprint density at radius 3 is 1.89 bits per heavy atom. The number of imidazole rings is 1. The van der Waals surface area contributed by atoms with E-state index in [9.17, 15) is 24.4 Å². The van der Waals surface area contributed by atoms with Crippen molar-refractivity contribution >= 4 is 49.7 Å². The van der Waals surface area contributed by atoms with Crippen LogP contribution in [0.5, 0.6) is 11.5 Å². The van der Waals surface area contributed by atoms with Gasteiger partial charge in [-0.25, -0.2) is 19.2 Å². The summed E-state index contributed by atoms with van der Waals surface area (Å²) in [5.41, 5.74) is -1.38. The zero-order valence-corrected chi connectivity index (χ0v) is 50.2. The van der Waals surface area contributed by atoms with Crippen molar-refractivity contribution in [1.29, 1.82) is 5.26 Å². The van der Waals surface area contributed by atoms with Gasteiger partial charge in [-0.2, -0.15) is 10.2 Å². The second kappa shape index (κ2) is 28.8. The molecule has 0 spiro atoms. The summed E-state index contributed by atoms with van der Waals surface area (Å²) in [5.74, 6) is 0.110. The van der Waals surface area contributed by atoms with Gasteiger partial charge in [-0.05, 0) is 117 Å². The third kappa shape index (κ3) is 17.0. The number of hydrogen-bond donors (Lipinski definition) is 4. The number of carbonyl (C=O) groups is 3. The van der Waals surface area contributed by atoms with Gasteiger partial charge in [0.05, 0.1) is 46.3 Å². The van der Waals surface area contributed by atoms with Crippen LogP contribution in [0.4, 0.5) is 15.5 Å². The molecule has 1 saturated heterocycles. The summed E-state index contributed by atoms with van der Waals surface area (Å²) in [6, 6.07) is 26.9. The minimum Gasteiger partial charge on any atom is -0.497 e. The second-order valence-electron chi connectivity index (χ2n) is 22.1. The predicted octanol–water partition coefficient (Wildman–Crippen LogP) is 9.48. The van der Waals surface area contributed by atoms with Gasteiger partial charge in [-0.1, -0.05) is 68.4 Å². The lowest BCUT2D eigenvalue weighted by Crippen LogP contribution is -2.47. The van der Waals surface area contributed by atoms with E-state index < -0.39 is 73.5 Å². The number of nitriles is 1. The van der Waals surface area contributed by atoms with Crippen LogP contribution in [0.15, 0.2) is 95.0 Å². The molecule has 3 heterocycles. The number of aromatic nitrogens is 4. The molecule has 0 bridgehead atoms. The Morgan fingerprint density at radius 2 is 1.38 bits per heavy atom. The molecule has 2 aromatic heterocycles. The fourth-order valence-electron chi connectivity index (χ4n) is 8.87. The molecule has 0 saturated carbocycles. The van der Waals surface area contributed by atoms with Crippen LogP contribution in [0.1, 0.15) is 119 Å². The molecule has 24 heteroatoms. The average molecular weight is 1160 g/mol. The van der Waals surface area contributed by atoms with Crippen molar-refractivity contribution < 1.29 is 56.6 Å². The zero-order chi connectivity index (χ0) is 59.9. The third-order valence-corrected chi connectivity index (χ3v) is 14.5. The highest BCUT2D eigenvalue weighted by Crippen LogP contribution is 2.51. The summed E-state index contributed by atoms with van der Waals surface area (Å²) in [7, 11) is 1.20. The summed E-state index contributed by atoms with van der Waals surface area (Å²) in [6.45, 7) is 21.6. The molecular formula is C58H79N10O13P. The van der Waals surface area contributed by atoms with E-state index in [2.05, 4.69) is 41.7 Å². The molecule has 82 heavy (non-hydrogen) atoms.